The van der Waals surface area contributed by atoms with E-state index in [4.69, 9.17) is 0 Å². The Bertz CT molecular complexity index is 1230. The molecule has 1 heterocycles. The molecule has 1 amide bonds. The minimum absolute atomic E-state index is 0.0907. The Morgan fingerprint density at radius 1 is 1.04 bits per heavy atom. The number of carbonyl (C=O) groups excluding carboxylic acids is 2. The first-order valence-corrected chi connectivity index (χ1v) is 10.3. The van der Waals surface area contributed by atoms with E-state index in [1.54, 1.807) is 53.4 Å². The van der Waals surface area contributed by atoms with Crippen LogP contribution in [0.5, 0.6) is 0 Å². The van der Waals surface area contributed by atoms with Gasteiger partial charge in [-0.05, 0) is 56.3 Å². The second kappa shape index (κ2) is 6.45. The lowest BCUT2D eigenvalue weighted by Gasteiger charge is -2.16. The molecular weight excluding hydrogens is 376 g/mol. The van der Waals surface area contributed by atoms with Crippen LogP contribution in [0.2, 0.25) is 0 Å². The van der Waals surface area contributed by atoms with Crippen molar-refractivity contribution >= 4 is 43.9 Å². The van der Waals surface area contributed by atoms with E-state index in [1.165, 1.54) is 13.0 Å². The molecule has 0 radical (unpaired) electrons. The molecule has 7 heteroatoms. The minimum atomic E-state index is -3.89. The largest absolute Gasteiger partial charge is 0.308 e. The second-order valence-electron chi connectivity index (χ2n) is 6.60. The van der Waals surface area contributed by atoms with Crippen molar-refractivity contribution in [1.82, 2.24) is 0 Å². The number of benzene rings is 3. The maximum atomic E-state index is 13.0. The molecule has 28 heavy (non-hydrogen) atoms. The Morgan fingerprint density at radius 3 is 2.39 bits per heavy atom. The third-order valence-corrected chi connectivity index (χ3v) is 6.33. The summed E-state index contributed by atoms with van der Waals surface area (Å²) in [5.41, 5.74) is 2.10. The highest BCUT2D eigenvalue weighted by atomic mass is 32.2. The van der Waals surface area contributed by atoms with Crippen molar-refractivity contribution in [2.45, 2.75) is 18.7 Å². The molecule has 4 rings (SSSR count). The summed E-state index contributed by atoms with van der Waals surface area (Å²) in [6, 6.07) is 14.6. The van der Waals surface area contributed by atoms with Crippen molar-refractivity contribution in [2.24, 2.45) is 0 Å². The van der Waals surface area contributed by atoms with Crippen LogP contribution in [0.1, 0.15) is 34.6 Å². The smallest absolute Gasteiger partial charge is 0.262 e. The first-order chi connectivity index (χ1) is 13.3. The number of Topliss-reactive ketones (excluding diaryl/α,β-unsaturated/α-hetero) is 1. The third kappa shape index (κ3) is 2.75. The zero-order valence-corrected chi connectivity index (χ0v) is 16.2. The number of sulfonamides is 1. The standard InChI is InChI=1S/C21H18N2O4S/c1-3-23-18-11-12-19(16-5-4-6-17(20(16)18)21(23)25)28(26,27)22-15-9-7-14(8-10-15)13(2)24/h4-12,22H,3H2,1-2H3. The maximum Gasteiger partial charge on any atom is 0.262 e. The Balaban J connectivity index is 1.80. The fraction of sp³-hybridized carbons (Fsp3) is 0.143. The van der Waals surface area contributed by atoms with Crippen molar-refractivity contribution in [3.8, 4) is 0 Å². The molecule has 3 aromatic carbocycles. The van der Waals surface area contributed by atoms with Crippen molar-refractivity contribution in [3.63, 3.8) is 0 Å². The predicted molar refractivity (Wildman–Crippen MR) is 109 cm³/mol. The third-order valence-electron chi connectivity index (χ3n) is 4.89. The molecule has 0 fully saturated rings. The monoisotopic (exact) mass is 394 g/mol. The normalized spacial score (nSPS) is 13.2. The average Bonchev–Trinajstić information content (AvgIpc) is 2.95. The molecule has 0 spiro atoms. The van der Waals surface area contributed by atoms with Crippen molar-refractivity contribution in [2.75, 3.05) is 16.2 Å². The molecule has 1 aliphatic heterocycles. The van der Waals surface area contributed by atoms with E-state index < -0.39 is 10.0 Å². The van der Waals surface area contributed by atoms with Gasteiger partial charge in [0.1, 0.15) is 0 Å². The molecule has 1 aliphatic rings. The highest BCUT2D eigenvalue weighted by molar-refractivity contribution is 7.93. The van der Waals surface area contributed by atoms with E-state index in [0.29, 0.717) is 34.1 Å². The van der Waals surface area contributed by atoms with Crippen LogP contribution in [-0.2, 0) is 10.0 Å². The van der Waals surface area contributed by atoms with Crippen molar-refractivity contribution < 1.29 is 18.0 Å². The summed E-state index contributed by atoms with van der Waals surface area (Å²) in [4.78, 5) is 25.7. The summed E-state index contributed by atoms with van der Waals surface area (Å²) in [5.74, 6) is -0.211. The van der Waals surface area contributed by atoms with Crippen molar-refractivity contribution in [3.05, 3.63) is 65.7 Å². The number of nitrogens with zero attached hydrogens (tertiary/aromatic N) is 1. The zero-order valence-electron chi connectivity index (χ0n) is 15.4. The van der Waals surface area contributed by atoms with E-state index in [9.17, 15) is 18.0 Å². The van der Waals surface area contributed by atoms with E-state index in [0.717, 1.165) is 5.69 Å². The second-order valence-corrected chi connectivity index (χ2v) is 8.25. The number of hydrogen-bond donors (Lipinski definition) is 1. The Morgan fingerprint density at radius 2 is 1.75 bits per heavy atom. The van der Waals surface area contributed by atoms with Gasteiger partial charge in [0.2, 0.25) is 0 Å². The summed E-state index contributed by atoms with van der Waals surface area (Å²) in [5, 5.41) is 1.16. The molecule has 0 aromatic heterocycles. The van der Waals surface area contributed by atoms with Crippen LogP contribution in [-0.4, -0.2) is 26.7 Å². The van der Waals surface area contributed by atoms with Crippen LogP contribution >= 0.6 is 0 Å². The fourth-order valence-electron chi connectivity index (χ4n) is 3.55. The Hall–Kier alpha value is -3.19. The predicted octanol–water partition coefficient (Wildman–Crippen LogP) is 3.82. The van der Waals surface area contributed by atoms with Gasteiger partial charge >= 0.3 is 0 Å². The molecular formula is C21H18N2O4S. The van der Waals surface area contributed by atoms with Gasteiger partial charge in [0.15, 0.2) is 5.78 Å². The van der Waals surface area contributed by atoms with Gasteiger partial charge in [0, 0.05) is 34.1 Å². The number of carbonyl (C=O) groups is 2. The van der Waals surface area contributed by atoms with Gasteiger partial charge in [-0.3, -0.25) is 14.3 Å². The summed E-state index contributed by atoms with van der Waals surface area (Å²) in [6.07, 6.45) is 0. The number of rotatable bonds is 5. The molecule has 0 aliphatic carbocycles. The fourth-order valence-corrected chi connectivity index (χ4v) is 4.81. The van der Waals surface area contributed by atoms with E-state index in [2.05, 4.69) is 4.72 Å². The van der Waals surface area contributed by atoms with Gasteiger partial charge in [-0.1, -0.05) is 12.1 Å². The highest BCUT2D eigenvalue weighted by Gasteiger charge is 2.31. The van der Waals surface area contributed by atoms with Crippen LogP contribution in [0.15, 0.2) is 59.5 Å². The number of amides is 1. The lowest BCUT2D eigenvalue weighted by Crippen LogP contribution is -2.25. The number of nitrogens with one attached hydrogen (secondary N) is 1. The first kappa shape index (κ1) is 18.2. The summed E-state index contributed by atoms with van der Waals surface area (Å²) in [7, 11) is -3.89. The highest BCUT2D eigenvalue weighted by Crippen LogP contribution is 2.40. The van der Waals surface area contributed by atoms with Crippen LogP contribution in [0, 0.1) is 0 Å². The molecule has 6 nitrogen and oxygen atoms in total. The topological polar surface area (TPSA) is 83.6 Å². The number of ketones is 1. The molecule has 1 N–H and O–H groups in total. The Kier molecular flexibility index (Phi) is 4.19. The first-order valence-electron chi connectivity index (χ1n) is 8.85. The lowest BCUT2D eigenvalue weighted by molar-refractivity contribution is 0.0991. The van der Waals surface area contributed by atoms with Gasteiger partial charge in [-0.15, -0.1) is 0 Å². The van der Waals surface area contributed by atoms with Crippen LogP contribution in [0.4, 0.5) is 11.4 Å². The molecule has 3 aromatic rings. The molecule has 0 saturated carbocycles. The lowest BCUT2D eigenvalue weighted by atomic mass is 10.1. The Labute approximate surface area is 162 Å². The van der Waals surface area contributed by atoms with Gasteiger partial charge in [0.05, 0.1) is 10.6 Å². The number of hydrogen-bond acceptors (Lipinski definition) is 4. The summed E-state index contributed by atoms with van der Waals surface area (Å²) >= 11 is 0. The van der Waals surface area contributed by atoms with E-state index in [1.807, 2.05) is 6.92 Å². The van der Waals surface area contributed by atoms with Crippen LogP contribution in [0.3, 0.4) is 0 Å². The quantitative estimate of drug-likeness (QED) is 0.667. The van der Waals surface area contributed by atoms with E-state index in [-0.39, 0.29) is 16.6 Å². The molecule has 0 bridgehead atoms. The number of anilines is 2. The average molecular weight is 394 g/mol. The zero-order chi connectivity index (χ0) is 20.1. The SMILES string of the molecule is CCN1C(=O)c2cccc3c(S(=O)(=O)Nc4ccc(C(C)=O)cc4)ccc1c23. The van der Waals surface area contributed by atoms with E-state index >= 15 is 0 Å². The summed E-state index contributed by atoms with van der Waals surface area (Å²) in [6.45, 7) is 3.84. The van der Waals surface area contributed by atoms with Gasteiger partial charge in [0.25, 0.3) is 15.9 Å². The molecule has 0 unspecified atom stereocenters. The minimum Gasteiger partial charge on any atom is -0.308 e. The maximum absolute atomic E-state index is 13.0. The van der Waals surface area contributed by atoms with Crippen molar-refractivity contribution in [1.29, 1.82) is 0 Å². The molecule has 0 saturated heterocycles. The molecule has 0 atom stereocenters. The van der Waals surface area contributed by atoms with Gasteiger partial charge in [-0.2, -0.15) is 0 Å². The summed E-state index contributed by atoms with van der Waals surface area (Å²) < 4.78 is 28.6. The van der Waals surface area contributed by atoms with Crippen LogP contribution in [0.25, 0.3) is 10.8 Å². The van der Waals surface area contributed by atoms with Gasteiger partial charge in [-0.25, -0.2) is 8.42 Å². The van der Waals surface area contributed by atoms with Crippen LogP contribution < -0.4 is 9.62 Å². The molecule has 142 valence electrons. The van der Waals surface area contributed by atoms with Gasteiger partial charge < -0.3 is 4.90 Å².